The average Bonchev–Trinajstić information content (AvgIpc) is 2.69. The minimum Gasteiger partial charge on any atom is -0.444 e. The molecule has 0 radical (unpaired) electrons. The zero-order valence-corrected chi connectivity index (χ0v) is 13.1. The van der Waals surface area contributed by atoms with E-state index < -0.39 is 11.7 Å². The van der Waals surface area contributed by atoms with Crippen molar-refractivity contribution in [3.8, 4) is 11.3 Å². The summed E-state index contributed by atoms with van der Waals surface area (Å²) in [7, 11) is 0. The van der Waals surface area contributed by atoms with Crippen molar-refractivity contribution in [2.75, 3.05) is 5.32 Å². The fourth-order valence-electron chi connectivity index (χ4n) is 1.75. The van der Waals surface area contributed by atoms with Crippen LogP contribution in [0, 0.1) is 6.92 Å². The first-order valence-corrected chi connectivity index (χ1v) is 6.87. The minimum atomic E-state index is -0.584. The number of amides is 1. The van der Waals surface area contributed by atoms with Crippen LogP contribution in [0.1, 0.15) is 26.5 Å². The second-order valence-corrected chi connectivity index (χ2v) is 5.99. The monoisotopic (exact) mass is 308 g/mol. The van der Waals surface area contributed by atoms with Crippen LogP contribution >= 0.6 is 11.6 Å². The average molecular weight is 309 g/mol. The molecule has 1 aromatic carbocycles. The lowest BCUT2D eigenvalue weighted by Gasteiger charge is -2.19. The number of carbonyl (C=O) groups excluding carboxylic acids is 1. The summed E-state index contributed by atoms with van der Waals surface area (Å²) in [4.78, 5) is 11.9. The molecule has 2 aromatic rings. The smallest absolute Gasteiger partial charge is 0.412 e. The zero-order chi connectivity index (χ0) is 15.6. The van der Waals surface area contributed by atoms with Crippen molar-refractivity contribution in [3.05, 3.63) is 35.0 Å². The van der Waals surface area contributed by atoms with Gasteiger partial charge >= 0.3 is 6.09 Å². The van der Waals surface area contributed by atoms with E-state index in [0.29, 0.717) is 27.7 Å². The van der Waals surface area contributed by atoms with Gasteiger partial charge in [-0.15, -0.1) is 0 Å². The number of aromatic nitrogens is 1. The predicted octanol–water partition coefficient (Wildman–Crippen LogP) is 4.65. The molecule has 0 aliphatic carbocycles. The van der Waals surface area contributed by atoms with E-state index in [9.17, 15) is 4.79 Å². The molecule has 0 bridgehead atoms. The number of halogens is 1. The van der Waals surface area contributed by atoms with E-state index in [2.05, 4.69) is 10.5 Å². The van der Waals surface area contributed by atoms with Crippen LogP contribution in [0.15, 0.2) is 28.8 Å². The molecular formula is C15H17ClN2O3. The Morgan fingerprint density at radius 3 is 2.62 bits per heavy atom. The normalized spacial score (nSPS) is 11.3. The van der Waals surface area contributed by atoms with Gasteiger partial charge in [0.05, 0.1) is 5.02 Å². The van der Waals surface area contributed by atoms with Gasteiger partial charge < -0.3 is 9.26 Å². The third-order valence-electron chi connectivity index (χ3n) is 2.61. The van der Waals surface area contributed by atoms with Crippen molar-refractivity contribution < 1.29 is 14.1 Å². The van der Waals surface area contributed by atoms with E-state index >= 15 is 0 Å². The second kappa shape index (κ2) is 5.77. The highest BCUT2D eigenvalue weighted by atomic mass is 35.5. The largest absolute Gasteiger partial charge is 0.444 e. The lowest BCUT2D eigenvalue weighted by atomic mass is 10.1. The Hall–Kier alpha value is -2.01. The molecule has 21 heavy (non-hydrogen) atoms. The molecule has 0 aliphatic heterocycles. The fraction of sp³-hybridized carbons (Fsp3) is 0.333. The second-order valence-electron chi connectivity index (χ2n) is 5.58. The van der Waals surface area contributed by atoms with E-state index in [1.807, 2.05) is 12.1 Å². The molecule has 1 aromatic heterocycles. The summed E-state index contributed by atoms with van der Waals surface area (Å²) < 4.78 is 10.5. The summed E-state index contributed by atoms with van der Waals surface area (Å²) in [5, 5.41) is 7.06. The summed E-state index contributed by atoms with van der Waals surface area (Å²) in [6, 6.07) is 7.18. The predicted molar refractivity (Wildman–Crippen MR) is 81.5 cm³/mol. The van der Waals surface area contributed by atoms with Crippen LogP contribution in [0.25, 0.3) is 11.3 Å². The molecule has 2 rings (SSSR count). The van der Waals surface area contributed by atoms with Gasteiger partial charge in [0.2, 0.25) is 0 Å². The van der Waals surface area contributed by atoms with Gasteiger partial charge in [-0.1, -0.05) is 28.9 Å². The van der Waals surface area contributed by atoms with E-state index in [1.54, 1.807) is 39.8 Å². The molecular weight excluding hydrogens is 292 g/mol. The van der Waals surface area contributed by atoms with Crippen molar-refractivity contribution in [2.45, 2.75) is 33.3 Å². The summed E-state index contributed by atoms with van der Waals surface area (Å²) in [5.41, 5.74) is 1.08. The molecule has 0 spiro atoms. The van der Waals surface area contributed by atoms with Crippen molar-refractivity contribution in [1.82, 2.24) is 5.16 Å². The molecule has 1 N–H and O–H groups in total. The maximum absolute atomic E-state index is 11.9. The van der Waals surface area contributed by atoms with Gasteiger partial charge in [-0.25, -0.2) is 4.79 Å². The number of benzene rings is 1. The highest BCUT2D eigenvalue weighted by Crippen LogP contribution is 2.35. The van der Waals surface area contributed by atoms with Crippen molar-refractivity contribution in [1.29, 1.82) is 0 Å². The SMILES string of the molecule is Cc1noc(-c2ccccc2Cl)c1NC(=O)OC(C)(C)C. The van der Waals surface area contributed by atoms with Gasteiger partial charge in [0.25, 0.3) is 0 Å². The van der Waals surface area contributed by atoms with Crippen LogP contribution in [-0.4, -0.2) is 16.9 Å². The van der Waals surface area contributed by atoms with Crippen LogP contribution < -0.4 is 5.32 Å². The number of ether oxygens (including phenoxy) is 1. The van der Waals surface area contributed by atoms with E-state index in [-0.39, 0.29) is 0 Å². The number of hydrogen-bond acceptors (Lipinski definition) is 4. The summed E-state index contributed by atoms with van der Waals surface area (Å²) in [6.07, 6.45) is -0.567. The molecule has 0 fully saturated rings. The first-order chi connectivity index (χ1) is 9.78. The Bertz CT molecular complexity index is 659. The third kappa shape index (κ3) is 3.76. The Morgan fingerprint density at radius 2 is 2.00 bits per heavy atom. The molecule has 0 atom stereocenters. The summed E-state index contributed by atoms with van der Waals surface area (Å²) in [6.45, 7) is 7.11. The van der Waals surface area contributed by atoms with Crippen LogP contribution in [0.3, 0.4) is 0 Å². The Balaban J connectivity index is 2.32. The molecule has 0 saturated heterocycles. The van der Waals surface area contributed by atoms with Gasteiger partial charge in [-0.2, -0.15) is 0 Å². The van der Waals surface area contributed by atoms with E-state index in [4.69, 9.17) is 20.9 Å². The number of rotatable bonds is 2. The molecule has 0 saturated carbocycles. The Morgan fingerprint density at radius 1 is 1.33 bits per heavy atom. The number of aryl methyl sites for hydroxylation is 1. The van der Waals surface area contributed by atoms with Crippen LogP contribution in [0.4, 0.5) is 10.5 Å². The standard InChI is InChI=1S/C15H17ClN2O3/c1-9-12(17-14(19)20-15(2,3)4)13(21-18-9)10-7-5-6-8-11(10)16/h5-8H,1-4H3,(H,17,19). The van der Waals surface area contributed by atoms with Crippen LogP contribution in [0.2, 0.25) is 5.02 Å². The minimum absolute atomic E-state index is 0.406. The lowest BCUT2D eigenvalue weighted by Crippen LogP contribution is -2.27. The first-order valence-electron chi connectivity index (χ1n) is 6.49. The number of anilines is 1. The molecule has 0 aliphatic rings. The van der Waals surface area contributed by atoms with Gasteiger partial charge in [0.1, 0.15) is 17.0 Å². The molecule has 1 heterocycles. The fourth-order valence-corrected chi connectivity index (χ4v) is 1.97. The van der Waals surface area contributed by atoms with Crippen molar-refractivity contribution >= 4 is 23.4 Å². The number of hydrogen-bond donors (Lipinski definition) is 1. The van der Waals surface area contributed by atoms with Crippen LogP contribution in [0.5, 0.6) is 0 Å². The van der Waals surface area contributed by atoms with Crippen LogP contribution in [-0.2, 0) is 4.74 Å². The van der Waals surface area contributed by atoms with Crippen molar-refractivity contribution in [3.63, 3.8) is 0 Å². The van der Waals surface area contributed by atoms with E-state index in [0.717, 1.165) is 0 Å². The Labute approximate surface area is 128 Å². The van der Waals surface area contributed by atoms with Crippen molar-refractivity contribution in [2.24, 2.45) is 0 Å². The van der Waals surface area contributed by atoms with Gasteiger partial charge in [0, 0.05) is 5.56 Å². The highest BCUT2D eigenvalue weighted by molar-refractivity contribution is 6.33. The number of nitrogens with zero attached hydrogens (tertiary/aromatic N) is 1. The Kier molecular flexibility index (Phi) is 4.23. The summed E-state index contributed by atoms with van der Waals surface area (Å²) in [5.74, 6) is 0.406. The topological polar surface area (TPSA) is 64.4 Å². The molecule has 112 valence electrons. The lowest BCUT2D eigenvalue weighted by molar-refractivity contribution is 0.0636. The first kappa shape index (κ1) is 15.4. The maximum atomic E-state index is 11.9. The van der Waals surface area contributed by atoms with Gasteiger partial charge in [0.15, 0.2) is 5.76 Å². The van der Waals surface area contributed by atoms with Gasteiger partial charge in [-0.3, -0.25) is 5.32 Å². The summed E-state index contributed by atoms with van der Waals surface area (Å²) >= 11 is 6.15. The highest BCUT2D eigenvalue weighted by Gasteiger charge is 2.22. The quantitative estimate of drug-likeness (QED) is 0.877. The maximum Gasteiger partial charge on any atom is 0.412 e. The molecule has 1 amide bonds. The number of nitrogens with one attached hydrogen (secondary N) is 1. The zero-order valence-electron chi connectivity index (χ0n) is 12.4. The van der Waals surface area contributed by atoms with Gasteiger partial charge in [-0.05, 0) is 39.8 Å². The molecule has 6 heteroatoms. The third-order valence-corrected chi connectivity index (χ3v) is 2.94. The molecule has 0 unspecified atom stereocenters. The van der Waals surface area contributed by atoms with E-state index in [1.165, 1.54) is 0 Å². The number of carbonyl (C=O) groups is 1. The molecule has 5 nitrogen and oxygen atoms in total.